The molecule has 2 aliphatic rings. The number of rotatable bonds is 4. The van der Waals surface area contributed by atoms with Crippen molar-refractivity contribution in [2.45, 2.75) is 18.8 Å². The summed E-state index contributed by atoms with van der Waals surface area (Å²) in [6.07, 6.45) is 2.48. The molecule has 1 aliphatic carbocycles. The van der Waals surface area contributed by atoms with E-state index < -0.39 is 0 Å². The molecular weight excluding hydrogens is 282 g/mol. The highest BCUT2D eigenvalue weighted by Gasteiger charge is 2.30. The molecule has 0 aromatic heterocycles. The lowest BCUT2D eigenvalue weighted by Gasteiger charge is -2.17. The zero-order valence-electron chi connectivity index (χ0n) is 12.3. The van der Waals surface area contributed by atoms with Crippen LogP contribution in [0.4, 0.5) is 5.69 Å². The van der Waals surface area contributed by atoms with Crippen molar-refractivity contribution in [2.24, 2.45) is 0 Å². The van der Waals surface area contributed by atoms with E-state index in [1.807, 2.05) is 6.07 Å². The number of anilines is 1. The maximum atomic E-state index is 12.1. The fourth-order valence-corrected chi connectivity index (χ4v) is 3.41. The molecule has 0 unspecified atom stereocenters. The van der Waals surface area contributed by atoms with E-state index in [9.17, 15) is 4.79 Å². The molecule has 1 fully saturated rings. The molecule has 4 nitrogen and oxygen atoms in total. The zero-order chi connectivity index (χ0) is 15.0. The van der Waals surface area contributed by atoms with Crippen LogP contribution >= 0.6 is 11.8 Å². The first-order valence-electron chi connectivity index (χ1n) is 7.10. The molecule has 0 spiro atoms. The van der Waals surface area contributed by atoms with Crippen LogP contribution in [0.1, 0.15) is 24.3 Å². The number of nitrogens with one attached hydrogen (secondary N) is 2. The van der Waals surface area contributed by atoms with Crippen LogP contribution in [-0.2, 0) is 4.79 Å². The van der Waals surface area contributed by atoms with Crippen LogP contribution in [0, 0.1) is 5.41 Å². The van der Waals surface area contributed by atoms with Gasteiger partial charge in [0.25, 0.3) is 0 Å². The summed E-state index contributed by atoms with van der Waals surface area (Å²) in [6, 6.07) is 8.27. The molecule has 21 heavy (non-hydrogen) atoms. The molecule has 1 aromatic carbocycles. The van der Waals surface area contributed by atoms with Gasteiger partial charge in [-0.15, -0.1) is 0 Å². The largest absolute Gasteiger partial charge is 0.363 e. The third kappa shape index (κ3) is 2.83. The Morgan fingerprint density at radius 3 is 2.71 bits per heavy atom. The molecule has 0 atom stereocenters. The average Bonchev–Trinajstić information content (AvgIpc) is 3.24. The minimum absolute atomic E-state index is 0.0325. The second-order valence-electron chi connectivity index (χ2n) is 5.65. The SMILES string of the molecule is CN(C)C(=N)C1=C(Nc2ccccc2C2CC2)SCC1=O. The lowest BCUT2D eigenvalue weighted by molar-refractivity contribution is -0.112. The summed E-state index contributed by atoms with van der Waals surface area (Å²) < 4.78 is 0. The summed E-state index contributed by atoms with van der Waals surface area (Å²) in [6.45, 7) is 0. The van der Waals surface area contributed by atoms with Gasteiger partial charge in [-0.3, -0.25) is 10.2 Å². The monoisotopic (exact) mass is 301 g/mol. The van der Waals surface area contributed by atoms with E-state index in [4.69, 9.17) is 5.41 Å². The third-order valence-electron chi connectivity index (χ3n) is 3.76. The zero-order valence-corrected chi connectivity index (χ0v) is 13.1. The van der Waals surface area contributed by atoms with E-state index in [2.05, 4.69) is 23.5 Å². The Bertz CT molecular complexity index is 632. The lowest BCUT2D eigenvalue weighted by Crippen LogP contribution is -2.27. The summed E-state index contributed by atoms with van der Waals surface area (Å²) in [5, 5.41) is 12.3. The number of hydrogen-bond donors (Lipinski definition) is 2. The number of hydrogen-bond acceptors (Lipinski definition) is 4. The Morgan fingerprint density at radius 1 is 1.33 bits per heavy atom. The predicted octanol–water partition coefficient (Wildman–Crippen LogP) is 3.04. The Kier molecular flexibility index (Phi) is 3.76. The van der Waals surface area contributed by atoms with Crippen LogP contribution in [0.15, 0.2) is 34.9 Å². The highest BCUT2D eigenvalue weighted by atomic mass is 32.2. The van der Waals surface area contributed by atoms with Crippen LogP contribution in [0.5, 0.6) is 0 Å². The predicted molar refractivity (Wildman–Crippen MR) is 87.9 cm³/mol. The highest BCUT2D eigenvalue weighted by molar-refractivity contribution is 8.04. The second-order valence-corrected chi connectivity index (χ2v) is 6.63. The van der Waals surface area contributed by atoms with Gasteiger partial charge in [0.15, 0.2) is 5.78 Å². The number of para-hydroxylation sites is 1. The fraction of sp³-hybridized carbons (Fsp3) is 0.375. The Labute approximate surface area is 129 Å². The number of ketones is 1. The number of carbonyl (C=O) groups excluding carboxylic acids is 1. The van der Waals surface area contributed by atoms with Crippen molar-refractivity contribution in [3.63, 3.8) is 0 Å². The van der Waals surface area contributed by atoms with E-state index in [1.165, 1.54) is 30.2 Å². The quantitative estimate of drug-likeness (QED) is 0.663. The molecule has 0 radical (unpaired) electrons. The van der Waals surface area contributed by atoms with Crippen molar-refractivity contribution < 1.29 is 4.79 Å². The maximum absolute atomic E-state index is 12.1. The molecule has 2 N–H and O–H groups in total. The number of carbonyl (C=O) groups is 1. The Balaban J connectivity index is 1.92. The molecule has 0 amide bonds. The molecule has 0 saturated heterocycles. The van der Waals surface area contributed by atoms with Crippen molar-refractivity contribution >= 4 is 29.1 Å². The number of Topliss-reactive ketones (excluding diaryl/α,β-unsaturated/α-hetero) is 1. The summed E-state index contributed by atoms with van der Waals surface area (Å²) in [7, 11) is 3.59. The van der Waals surface area contributed by atoms with Gasteiger partial charge in [0.05, 0.1) is 16.4 Å². The number of amidine groups is 1. The molecule has 1 aromatic rings. The van der Waals surface area contributed by atoms with E-state index >= 15 is 0 Å². The highest BCUT2D eigenvalue weighted by Crippen LogP contribution is 2.44. The normalized spacial score (nSPS) is 18.1. The van der Waals surface area contributed by atoms with Crippen LogP contribution in [-0.4, -0.2) is 36.4 Å². The van der Waals surface area contributed by atoms with Crippen LogP contribution in [0.25, 0.3) is 0 Å². The molecule has 5 heteroatoms. The maximum Gasteiger partial charge on any atom is 0.179 e. The Morgan fingerprint density at radius 2 is 2.05 bits per heavy atom. The van der Waals surface area contributed by atoms with Gasteiger partial charge in [-0.2, -0.15) is 0 Å². The first-order valence-corrected chi connectivity index (χ1v) is 8.09. The molecule has 110 valence electrons. The van der Waals surface area contributed by atoms with Crippen molar-refractivity contribution in [2.75, 3.05) is 25.2 Å². The number of thioether (sulfide) groups is 1. The summed E-state index contributed by atoms with van der Waals surface area (Å²) in [5.74, 6) is 1.37. The van der Waals surface area contributed by atoms with E-state index in [0.29, 0.717) is 17.2 Å². The molecule has 1 aliphatic heterocycles. The molecular formula is C16H19N3OS. The second kappa shape index (κ2) is 5.56. The standard InChI is InChI=1S/C16H19N3OS/c1-19(2)15(17)14-13(20)9-21-16(14)18-12-6-4-3-5-11(12)10-7-8-10/h3-6,10,17-18H,7-9H2,1-2H3. The van der Waals surface area contributed by atoms with Gasteiger partial charge in [0.2, 0.25) is 0 Å². The summed E-state index contributed by atoms with van der Waals surface area (Å²) in [5.41, 5.74) is 2.90. The molecule has 1 saturated carbocycles. The van der Waals surface area contributed by atoms with Gasteiger partial charge in [-0.1, -0.05) is 30.0 Å². The van der Waals surface area contributed by atoms with Crippen LogP contribution in [0.2, 0.25) is 0 Å². The van der Waals surface area contributed by atoms with Gasteiger partial charge < -0.3 is 10.2 Å². The van der Waals surface area contributed by atoms with Crippen molar-refractivity contribution in [3.05, 3.63) is 40.4 Å². The summed E-state index contributed by atoms with van der Waals surface area (Å²) >= 11 is 1.49. The van der Waals surface area contributed by atoms with Gasteiger partial charge in [0.1, 0.15) is 5.84 Å². The number of likely N-dealkylation sites (N-methyl/N-ethyl adjacent to an activating group) is 1. The van der Waals surface area contributed by atoms with E-state index in [-0.39, 0.29) is 11.6 Å². The van der Waals surface area contributed by atoms with Crippen molar-refractivity contribution in [1.29, 1.82) is 5.41 Å². The van der Waals surface area contributed by atoms with E-state index in [1.54, 1.807) is 19.0 Å². The third-order valence-corrected chi connectivity index (χ3v) is 4.77. The first kappa shape index (κ1) is 14.2. The smallest absolute Gasteiger partial charge is 0.179 e. The van der Waals surface area contributed by atoms with E-state index in [0.717, 1.165) is 10.7 Å². The molecule has 3 rings (SSSR count). The van der Waals surface area contributed by atoms with Gasteiger partial charge in [0, 0.05) is 19.8 Å². The van der Waals surface area contributed by atoms with Gasteiger partial charge in [-0.25, -0.2) is 0 Å². The fourth-order valence-electron chi connectivity index (χ4n) is 2.45. The first-order chi connectivity index (χ1) is 10.1. The van der Waals surface area contributed by atoms with Crippen molar-refractivity contribution in [3.8, 4) is 0 Å². The molecule has 1 heterocycles. The average molecular weight is 301 g/mol. The minimum Gasteiger partial charge on any atom is -0.363 e. The number of benzene rings is 1. The van der Waals surface area contributed by atoms with Crippen LogP contribution in [0.3, 0.4) is 0 Å². The molecule has 0 bridgehead atoms. The van der Waals surface area contributed by atoms with Gasteiger partial charge >= 0.3 is 0 Å². The number of nitrogens with zero attached hydrogens (tertiary/aromatic N) is 1. The topological polar surface area (TPSA) is 56.2 Å². The summed E-state index contributed by atoms with van der Waals surface area (Å²) in [4.78, 5) is 13.7. The van der Waals surface area contributed by atoms with Crippen LogP contribution < -0.4 is 5.32 Å². The Hall–Kier alpha value is -1.75. The lowest BCUT2D eigenvalue weighted by atomic mass is 10.1. The van der Waals surface area contributed by atoms with Crippen molar-refractivity contribution in [1.82, 2.24) is 4.90 Å². The van der Waals surface area contributed by atoms with Gasteiger partial charge in [-0.05, 0) is 30.4 Å². The minimum atomic E-state index is 0.0325.